The van der Waals surface area contributed by atoms with Gasteiger partial charge in [0.15, 0.2) is 0 Å². The van der Waals surface area contributed by atoms with Crippen LogP contribution in [-0.4, -0.2) is 11.7 Å². The van der Waals surface area contributed by atoms with Crippen LogP contribution in [0, 0.1) is 0 Å². The van der Waals surface area contributed by atoms with Crippen LogP contribution in [0.3, 0.4) is 0 Å². The molecule has 0 aliphatic carbocycles. The van der Waals surface area contributed by atoms with E-state index in [0.29, 0.717) is 15.8 Å². The zero-order valence-corrected chi connectivity index (χ0v) is 13.8. The normalized spacial score (nSPS) is 12.0. The van der Waals surface area contributed by atoms with Crippen LogP contribution < -0.4 is 5.32 Å². The predicted molar refractivity (Wildman–Crippen MR) is 90.2 cm³/mol. The summed E-state index contributed by atoms with van der Waals surface area (Å²) in [6, 6.07) is 14.9. The second-order valence-corrected chi connectivity index (χ2v) is 6.36. The third kappa shape index (κ3) is 4.67. The SMILES string of the molecule is C[C@@H](NC(=O)CSc1ccccc1Cl)c1ccccc1Cl. The molecular weight excluding hydrogens is 325 g/mol. The summed E-state index contributed by atoms with van der Waals surface area (Å²) < 4.78 is 0. The van der Waals surface area contributed by atoms with Crippen LogP contribution in [0.2, 0.25) is 10.0 Å². The fraction of sp³-hybridized carbons (Fsp3) is 0.188. The first kappa shape index (κ1) is 16.2. The summed E-state index contributed by atoms with van der Waals surface area (Å²) in [7, 11) is 0. The molecule has 0 saturated carbocycles. The quantitative estimate of drug-likeness (QED) is 0.779. The zero-order chi connectivity index (χ0) is 15.2. The van der Waals surface area contributed by atoms with E-state index in [9.17, 15) is 4.79 Å². The Kier molecular flexibility index (Phi) is 5.97. The summed E-state index contributed by atoms with van der Waals surface area (Å²) in [4.78, 5) is 12.9. The van der Waals surface area contributed by atoms with Crippen LogP contribution in [0.15, 0.2) is 53.4 Å². The van der Waals surface area contributed by atoms with Gasteiger partial charge in [0.2, 0.25) is 5.91 Å². The maximum atomic E-state index is 12.0. The van der Waals surface area contributed by atoms with Crippen molar-refractivity contribution >= 4 is 40.9 Å². The van der Waals surface area contributed by atoms with E-state index in [0.717, 1.165) is 10.5 Å². The first-order chi connectivity index (χ1) is 10.1. The minimum atomic E-state index is -0.127. The van der Waals surface area contributed by atoms with Crippen LogP contribution in [-0.2, 0) is 4.79 Å². The fourth-order valence-electron chi connectivity index (χ4n) is 1.89. The van der Waals surface area contributed by atoms with Crippen molar-refractivity contribution in [3.8, 4) is 0 Å². The molecule has 0 unspecified atom stereocenters. The van der Waals surface area contributed by atoms with Gasteiger partial charge >= 0.3 is 0 Å². The van der Waals surface area contributed by atoms with Gasteiger partial charge in [-0.05, 0) is 30.7 Å². The lowest BCUT2D eigenvalue weighted by atomic mass is 10.1. The van der Waals surface area contributed by atoms with Crippen molar-refractivity contribution in [1.82, 2.24) is 5.32 Å². The minimum Gasteiger partial charge on any atom is -0.349 e. The maximum absolute atomic E-state index is 12.0. The van der Waals surface area contributed by atoms with Gasteiger partial charge in [-0.1, -0.05) is 53.5 Å². The van der Waals surface area contributed by atoms with E-state index in [1.165, 1.54) is 11.8 Å². The van der Waals surface area contributed by atoms with Crippen molar-refractivity contribution in [2.75, 3.05) is 5.75 Å². The molecule has 0 fully saturated rings. The summed E-state index contributed by atoms with van der Waals surface area (Å²) in [5, 5.41) is 4.26. The van der Waals surface area contributed by atoms with Gasteiger partial charge < -0.3 is 5.32 Å². The van der Waals surface area contributed by atoms with E-state index in [2.05, 4.69) is 5.32 Å². The molecule has 110 valence electrons. The molecule has 0 aliphatic heterocycles. The Hall–Kier alpha value is -1.16. The van der Waals surface area contributed by atoms with Crippen molar-refractivity contribution < 1.29 is 4.79 Å². The molecule has 21 heavy (non-hydrogen) atoms. The molecule has 0 aromatic heterocycles. The molecule has 0 radical (unpaired) electrons. The summed E-state index contributed by atoms with van der Waals surface area (Å²) in [6.45, 7) is 1.92. The van der Waals surface area contributed by atoms with Crippen molar-refractivity contribution in [3.63, 3.8) is 0 Å². The second-order valence-electron chi connectivity index (χ2n) is 4.53. The molecule has 0 bridgehead atoms. The number of hydrogen-bond donors (Lipinski definition) is 1. The number of rotatable bonds is 5. The van der Waals surface area contributed by atoms with Crippen molar-refractivity contribution in [2.45, 2.75) is 17.9 Å². The Balaban J connectivity index is 1.90. The van der Waals surface area contributed by atoms with Crippen LogP contribution in [0.5, 0.6) is 0 Å². The van der Waals surface area contributed by atoms with Crippen LogP contribution in [0.25, 0.3) is 0 Å². The molecule has 2 nitrogen and oxygen atoms in total. The lowest BCUT2D eigenvalue weighted by molar-refractivity contribution is -0.119. The molecule has 0 spiro atoms. The van der Waals surface area contributed by atoms with Gasteiger partial charge in [0.05, 0.1) is 16.8 Å². The Morgan fingerprint density at radius 1 is 1.10 bits per heavy atom. The largest absolute Gasteiger partial charge is 0.349 e. The van der Waals surface area contributed by atoms with E-state index in [-0.39, 0.29) is 11.9 Å². The fourth-order valence-corrected chi connectivity index (χ4v) is 3.24. The number of amides is 1. The van der Waals surface area contributed by atoms with E-state index in [4.69, 9.17) is 23.2 Å². The minimum absolute atomic E-state index is 0.0488. The molecule has 1 atom stereocenters. The average Bonchev–Trinajstić information content (AvgIpc) is 2.46. The third-order valence-electron chi connectivity index (χ3n) is 2.94. The van der Waals surface area contributed by atoms with Gasteiger partial charge in [0.1, 0.15) is 0 Å². The summed E-state index contributed by atoms with van der Waals surface area (Å²) in [5.41, 5.74) is 0.912. The molecule has 1 amide bonds. The highest BCUT2D eigenvalue weighted by molar-refractivity contribution is 8.00. The number of halogens is 2. The van der Waals surface area contributed by atoms with Gasteiger partial charge in [-0.2, -0.15) is 0 Å². The first-order valence-corrected chi connectivity index (χ1v) is 8.23. The second kappa shape index (κ2) is 7.74. The number of hydrogen-bond acceptors (Lipinski definition) is 2. The standard InChI is InChI=1S/C16H15Cl2NOS/c1-11(12-6-2-3-7-13(12)17)19-16(20)10-21-15-9-5-4-8-14(15)18/h2-9,11H,10H2,1H3,(H,19,20)/t11-/m1/s1. The molecular formula is C16H15Cl2NOS. The van der Waals surface area contributed by atoms with E-state index < -0.39 is 0 Å². The predicted octanol–water partition coefficient (Wildman–Crippen LogP) is 4.96. The Morgan fingerprint density at radius 3 is 2.38 bits per heavy atom. The number of thioether (sulfide) groups is 1. The number of carbonyl (C=O) groups is 1. The van der Waals surface area contributed by atoms with Crippen molar-refractivity contribution in [1.29, 1.82) is 0 Å². The Bertz CT molecular complexity index is 633. The summed E-state index contributed by atoms with van der Waals surface area (Å²) >= 11 is 13.6. The zero-order valence-electron chi connectivity index (χ0n) is 11.5. The van der Waals surface area contributed by atoms with Crippen molar-refractivity contribution in [3.05, 3.63) is 64.1 Å². The smallest absolute Gasteiger partial charge is 0.230 e. The maximum Gasteiger partial charge on any atom is 0.230 e. The molecule has 1 N–H and O–H groups in total. The highest BCUT2D eigenvalue weighted by Gasteiger charge is 2.12. The Labute approximate surface area is 138 Å². The van der Waals surface area contributed by atoms with E-state index in [1.807, 2.05) is 55.5 Å². The molecule has 2 aromatic carbocycles. The average molecular weight is 340 g/mol. The molecule has 2 aromatic rings. The van der Waals surface area contributed by atoms with Gasteiger partial charge in [-0.25, -0.2) is 0 Å². The number of nitrogens with one attached hydrogen (secondary N) is 1. The monoisotopic (exact) mass is 339 g/mol. The Morgan fingerprint density at radius 2 is 1.71 bits per heavy atom. The third-order valence-corrected chi connectivity index (χ3v) is 4.80. The van der Waals surface area contributed by atoms with Gasteiger partial charge in [-0.15, -0.1) is 11.8 Å². The van der Waals surface area contributed by atoms with Crippen LogP contribution in [0.1, 0.15) is 18.5 Å². The summed E-state index contributed by atoms with van der Waals surface area (Å²) in [6.07, 6.45) is 0. The first-order valence-electron chi connectivity index (χ1n) is 6.49. The topological polar surface area (TPSA) is 29.1 Å². The van der Waals surface area contributed by atoms with Crippen LogP contribution >= 0.6 is 35.0 Å². The van der Waals surface area contributed by atoms with E-state index in [1.54, 1.807) is 0 Å². The lowest BCUT2D eigenvalue weighted by Gasteiger charge is -2.15. The summed E-state index contributed by atoms with van der Waals surface area (Å²) in [5.74, 6) is 0.269. The number of carbonyl (C=O) groups excluding carboxylic acids is 1. The molecule has 2 rings (SSSR count). The van der Waals surface area contributed by atoms with Crippen LogP contribution in [0.4, 0.5) is 0 Å². The number of benzene rings is 2. The van der Waals surface area contributed by atoms with Gasteiger partial charge in [-0.3, -0.25) is 4.79 Å². The highest BCUT2D eigenvalue weighted by Crippen LogP contribution is 2.27. The van der Waals surface area contributed by atoms with E-state index >= 15 is 0 Å². The molecule has 0 saturated heterocycles. The molecule has 0 aliphatic rings. The van der Waals surface area contributed by atoms with Gasteiger partial charge in [0.25, 0.3) is 0 Å². The van der Waals surface area contributed by atoms with Gasteiger partial charge in [0, 0.05) is 9.92 Å². The highest BCUT2D eigenvalue weighted by atomic mass is 35.5. The molecule has 0 heterocycles. The van der Waals surface area contributed by atoms with Crippen molar-refractivity contribution in [2.24, 2.45) is 0 Å². The lowest BCUT2D eigenvalue weighted by Crippen LogP contribution is -2.28. The molecule has 5 heteroatoms.